The summed E-state index contributed by atoms with van der Waals surface area (Å²) in [6, 6.07) is 12.8. The van der Waals surface area contributed by atoms with Gasteiger partial charge in [0.15, 0.2) is 0 Å². The van der Waals surface area contributed by atoms with E-state index < -0.39 is 0 Å². The van der Waals surface area contributed by atoms with Crippen LogP contribution in [0.5, 0.6) is 0 Å². The summed E-state index contributed by atoms with van der Waals surface area (Å²) >= 11 is 1.54. The fraction of sp³-hybridized carbons (Fsp3) is 0.429. The molecule has 1 amide bonds. The number of hydrogen-bond acceptors (Lipinski definition) is 4. The van der Waals surface area contributed by atoms with Crippen LogP contribution < -0.4 is 5.32 Å². The van der Waals surface area contributed by atoms with Crippen LogP contribution in [0.3, 0.4) is 0 Å². The van der Waals surface area contributed by atoms with Gasteiger partial charge in [-0.2, -0.15) is 5.10 Å². The first-order chi connectivity index (χ1) is 13.2. The average Bonchev–Trinajstić information content (AvgIpc) is 3.38. The van der Waals surface area contributed by atoms with E-state index >= 15 is 0 Å². The number of amides is 1. The van der Waals surface area contributed by atoms with Crippen LogP contribution >= 0.6 is 11.3 Å². The summed E-state index contributed by atoms with van der Waals surface area (Å²) in [5.41, 5.74) is 2.19. The lowest BCUT2D eigenvalue weighted by atomic mass is 10.2. The summed E-state index contributed by atoms with van der Waals surface area (Å²) in [4.78, 5) is 17.0. The van der Waals surface area contributed by atoms with Gasteiger partial charge in [0.05, 0.1) is 17.1 Å². The topological polar surface area (TPSA) is 50.2 Å². The van der Waals surface area contributed by atoms with E-state index in [0.717, 1.165) is 47.0 Å². The lowest BCUT2D eigenvalue weighted by Gasteiger charge is -2.22. The summed E-state index contributed by atoms with van der Waals surface area (Å²) in [7, 11) is 0. The van der Waals surface area contributed by atoms with Crippen molar-refractivity contribution in [1.29, 1.82) is 0 Å². The van der Waals surface area contributed by atoms with Gasteiger partial charge < -0.3 is 5.32 Å². The van der Waals surface area contributed by atoms with Crippen molar-refractivity contribution in [2.24, 2.45) is 0 Å². The zero-order chi connectivity index (χ0) is 18.8. The SMILES string of the molecule is CCN1CCC[C@@H]1CNC(=O)c1cc2c(C)nn(Cc3ccccc3)c2s1. The molecular formula is C21H26N4OS. The van der Waals surface area contributed by atoms with Gasteiger partial charge in [0.25, 0.3) is 5.91 Å². The number of carbonyl (C=O) groups is 1. The third-order valence-corrected chi connectivity index (χ3v) is 6.56. The number of fused-ring (bicyclic) bond motifs is 1. The van der Waals surface area contributed by atoms with Crippen LogP contribution in [0.4, 0.5) is 0 Å². The van der Waals surface area contributed by atoms with Crippen molar-refractivity contribution in [3.05, 3.63) is 52.5 Å². The second-order valence-corrected chi connectivity index (χ2v) is 8.22. The molecule has 1 fully saturated rings. The van der Waals surface area contributed by atoms with Gasteiger partial charge in [-0.05, 0) is 44.5 Å². The summed E-state index contributed by atoms with van der Waals surface area (Å²) in [5.74, 6) is 0.0322. The summed E-state index contributed by atoms with van der Waals surface area (Å²) < 4.78 is 2.01. The molecule has 0 bridgehead atoms. The monoisotopic (exact) mass is 382 g/mol. The minimum absolute atomic E-state index is 0.0322. The van der Waals surface area contributed by atoms with Crippen molar-refractivity contribution < 1.29 is 4.79 Å². The van der Waals surface area contributed by atoms with Gasteiger partial charge in [-0.1, -0.05) is 37.3 Å². The van der Waals surface area contributed by atoms with Crippen LogP contribution in [-0.4, -0.2) is 46.3 Å². The molecule has 0 aliphatic carbocycles. The van der Waals surface area contributed by atoms with Gasteiger partial charge >= 0.3 is 0 Å². The lowest BCUT2D eigenvalue weighted by Crippen LogP contribution is -2.39. The molecule has 0 radical (unpaired) electrons. The van der Waals surface area contributed by atoms with Crippen LogP contribution in [-0.2, 0) is 6.54 Å². The number of rotatable bonds is 6. The fourth-order valence-electron chi connectivity index (χ4n) is 3.93. The molecule has 4 rings (SSSR count). The number of benzene rings is 1. The summed E-state index contributed by atoms with van der Waals surface area (Å²) in [6.45, 7) is 7.85. The Bertz CT molecular complexity index is 930. The molecule has 0 unspecified atom stereocenters. The molecule has 3 aromatic rings. The minimum Gasteiger partial charge on any atom is -0.350 e. The van der Waals surface area contributed by atoms with E-state index in [1.165, 1.54) is 29.7 Å². The molecule has 1 aliphatic heterocycles. The number of thiophene rings is 1. The first kappa shape index (κ1) is 18.2. The molecule has 0 spiro atoms. The number of carbonyl (C=O) groups excluding carboxylic acids is 1. The van der Waals surface area contributed by atoms with E-state index in [2.05, 4.69) is 34.4 Å². The Hall–Kier alpha value is -2.18. The highest BCUT2D eigenvalue weighted by Gasteiger charge is 2.24. The Morgan fingerprint density at radius 2 is 2.15 bits per heavy atom. The van der Waals surface area contributed by atoms with Crippen molar-refractivity contribution in [3.8, 4) is 0 Å². The van der Waals surface area contributed by atoms with E-state index in [1.807, 2.05) is 35.9 Å². The summed E-state index contributed by atoms with van der Waals surface area (Å²) in [5, 5.41) is 8.89. The molecule has 1 aromatic carbocycles. The van der Waals surface area contributed by atoms with Gasteiger partial charge in [-0.15, -0.1) is 11.3 Å². The van der Waals surface area contributed by atoms with Crippen molar-refractivity contribution in [3.63, 3.8) is 0 Å². The maximum Gasteiger partial charge on any atom is 0.261 e. The highest BCUT2D eigenvalue weighted by atomic mass is 32.1. The molecule has 1 saturated heterocycles. The molecule has 2 aromatic heterocycles. The number of nitrogens with one attached hydrogen (secondary N) is 1. The molecular weight excluding hydrogens is 356 g/mol. The number of aromatic nitrogens is 2. The number of hydrogen-bond donors (Lipinski definition) is 1. The molecule has 5 nitrogen and oxygen atoms in total. The largest absolute Gasteiger partial charge is 0.350 e. The van der Waals surface area contributed by atoms with E-state index in [4.69, 9.17) is 0 Å². The lowest BCUT2D eigenvalue weighted by molar-refractivity contribution is 0.0945. The molecule has 1 N–H and O–H groups in total. The van der Waals surface area contributed by atoms with E-state index in [9.17, 15) is 4.79 Å². The van der Waals surface area contributed by atoms with E-state index in [0.29, 0.717) is 6.04 Å². The van der Waals surface area contributed by atoms with Gasteiger partial charge in [0.1, 0.15) is 4.83 Å². The normalized spacial score (nSPS) is 17.6. The second kappa shape index (κ2) is 7.82. The second-order valence-electron chi connectivity index (χ2n) is 7.19. The highest BCUT2D eigenvalue weighted by Crippen LogP contribution is 2.29. The Labute approximate surface area is 164 Å². The maximum absolute atomic E-state index is 12.7. The predicted molar refractivity (Wildman–Crippen MR) is 110 cm³/mol. The fourth-order valence-corrected chi connectivity index (χ4v) is 5.01. The quantitative estimate of drug-likeness (QED) is 0.708. The first-order valence-corrected chi connectivity index (χ1v) is 10.5. The molecule has 6 heteroatoms. The Morgan fingerprint density at radius 3 is 2.93 bits per heavy atom. The van der Waals surface area contributed by atoms with Crippen molar-refractivity contribution in [2.45, 2.75) is 39.3 Å². The smallest absolute Gasteiger partial charge is 0.261 e. The zero-order valence-corrected chi connectivity index (χ0v) is 16.8. The maximum atomic E-state index is 12.7. The number of nitrogens with zero attached hydrogens (tertiary/aromatic N) is 3. The predicted octanol–water partition coefficient (Wildman–Crippen LogP) is 3.67. The minimum atomic E-state index is 0.0322. The first-order valence-electron chi connectivity index (χ1n) is 9.69. The van der Waals surface area contributed by atoms with Crippen LogP contribution in [0.15, 0.2) is 36.4 Å². The van der Waals surface area contributed by atoms with Crippen molar-refractivity contribution in [1.82, 2.24) is 20.0 Å². The van der Waals surface area contributed by atoms with Crippen LogP contribution in [0.1, 0.15) is 40.7 Å². The molecule has 3 heterocycles. The Morgan fingerprint density at radius 1 is 1.33 bits per heavy atom. The van der Waals surface area contributed by atoms with Crippen molar-refractivity contribution in [2.75, 3.05) is 19.6 Å². The van der Waals surface area contributed by atoms with Gasteiger partial charge in [-0.25, -0.2) is 0 Å². The third-order valence-electron chi connectivity index (χ3n) is 5.41. The van der Waals surface area contributed by atoms with Crippen molar-refractivity contribution >= 4 is 27.5 Å². The molecule has 142 valence electrons. The third kappa shape index (κ3) is 3.77. The number of likely N-dealkylation sites (N-methyl/N-ethyl adjacent to an activating group) is 1. The van der Waals surface area contributed by atoms with Crippen LogP contribution in [0.2, 0.25) is 0 Å². The molecule has 1 atom stereocenters. The standard InChI is InChI=1S/C21H26N4OS/c1-3-24-11-7-10-17(24)13-22-20(26)19-12-18-15(2)23-25(21(18)27-19)14-16-8-5-4-6-9-16/h4-6,8-9,12,17H,3,7,10-11,13-14H2,1-2H3,(H,22,26)/t17-/m1/s1. The van der Waals surface area contributed by atoms with Gasteiger partial charge in [0, 0.05) is 18.0 Å². The Kier molecular flexibility index (Phi) is 5.27. The highest BCUT2D eigenvalue weighted by molar-refractivity contribution is 7.20. The van der Waals surface area contributed by atoms with Gasteiger partial charge in [-0.3, -0.25) is 14.4 Å². The van der Waals surface area contributed by atoms with Crippen LogP contribution in [0.25, 0.3) is 10.2 Å². The molecule has 27 heavy (non-hydrogen) atoms. The van der Waals surface area contributed by atoms with Crippen LogP contribution in [0, 0.1) is 6.92 Å². The van der Waals surface area contributed by atoms with Gasteiger partial charge in [0.2, 0.25) is 0 Å². The zero-order valence-electron chi connectivity index (χ0n) is 15.9. The Balaban J connectivity index is 1.49. The molecule has 1 aliphatic rings. The van der Waals surface area contributed by atoms with E-state index in [-0.39, 0.29) is 5.91 Å². The van der Waals surface area contributed by atoms with E-state index in [1.54, 1.807) is 0 Å². The number of aryl methyl sites for hydroxylation is 1. The number of likely N-dealkylation sites (tertiary alicyclic amines) is 1. The average molecular weight is 383 g/mol. The summed E-state index contributed by atoms with van der Waals surface area (Å²) in [6.07, 6.45) is 2.40. The molecule has 0 saturated carbocycles.